The monoisotopic (exact) mass is 178 g/mol. The Balaban J connectivity index is 3.03. The number of ether oxygens (including phenoxy) is 1. The van der Waals surface area contributed by atoms with Crippen LogP contribution in [0.5, 0.6) is 5.75 Å². The molecule has 0 fully saturated rings. The molecule has 0 aliphatic rings. The fraction of sp³-hybridized carbons (Fsp3) is 0.200. The van der Waals surface area contributed by atoms with Crippen molar-refractivity contribution in [1.29, 1.82) is 0 Å². The number of nitrogens with two attached hydrogens (primary N) is 1. The van der Waals surface area contributed by atoms with E-state index in [1.165, 1.54) is 0 Å². The molecule has 0 saturated carbocycles. The lowest BCUT2D eigenvalue weighted by molar-refractivity contribution is 0.405. The van der Waals surface area contributed by atoms with Gasteiger partial charge in [0.25, 0.3) is 0 Å². The molecule has 70 valence electrons. The van der Waals surface area contributed by atoms with Crippen LogP contribution in [-0.2, 0) is 0 Å². The van der Waals surface area contributed by atoms with Crippen molar-refractivity contribution in [3.63, 3.8) is 0 Å². The lowest BCUT2D eigenvalue weighted by atomic mass is 10.1. The third-order valence-electron chi connectivity index (χ3n) is 1.89. The van der Waals surface area contributed by atoms with Gasteiger partial charge in [0.1, 0.15) is 5.75 Å². The van der Waals surface area contributed by atoms with Crippen LogP contribution in [0.1, 0.15) is 11.6 Å². The number of hydrogen-bond acceptors (Lipinski definition) is 3. The molecule has 1 aromatic rings. The quantitative estimate of drug-likeness (QED) is 0.416. The van der Waals surface area contributed by atoms with Crippen LogP contribution in [0.15, 0.2) is 36.9 Å². The molecule has 1 rings (SSSR count). The average molecular weight is 178 g/mol. The molecule has 0 heterocycles. The zero-order valence-electron chi connectivity index (χ0n) is 7.66. The van der Waals surface area contributed by atoms with E-state index < -0.39 is 0 Å². The molecule has 1 aromatic carbocycles. The lowest BCUT2D eigenvalue weighted by Crippen LogP contribution is -2.26. The van der Waals surface area contributed by atoms with Gasteiger partial charge in [-0.15, -0.1) is 6.58 Å². The number of para-hydroxylation sites is 1. The molecule has 3 heteroatoms. The Morgan fingerprint density at radius 1 is 1.54 bits per heavy atom. The molecule has 0 aromatic heterocycles. The van der Waals surface area contributed by atoms with Crippen LogP contribution in [0.25, 0.3) is 0 Å². The van der Waals surface area contributed by atoms with Crippen molar-refractivity contribution in [3.05, 3.63) is 42.5 Å². The number of hydrogen-bond donors (Lipinski definition) is 2. The van der Waals surface area contributed by atoms with E-state index in [0.717, 1.165) is 11.3 Å². The molecule has 3 N–H and O–H groups in total. The van der Waals surface area contributed by atoms with Crippen molar-refractivity contribution < 1.29 is 4.74 Å². The second-order valence-corrected chi connectivity index (χ2v) is 2.62. The van der Waals surface area contributed by atoms with Crippen LogP contribution in [0.3, 0.4) is 0 Å². The van der Waals surface area contributed by atoms with Gasteiger partial charge in [-0.3, -0.25) is 5.84 Å². The highest BCUT2D eigenvalue weighted by molar-refractivity contribution is 5.37. The summed E-state index contributed by atoms with van der Waals surface area (Å²) in [6, 6.07) is 7.62. The molecule has 0 bridgehead atoms. The first kappa shape index (κ1) is 9.77. The van der Waals surface area contributed by atoms with Gasteiger partial charge in [-0.25, -0.2) is 5.43 Å². The Bertz CT molecular complexity index is 286. The zero-order chi connectivity index (χ0) is 9.68. The summed E-state index contributed by atoms with van der Waals surface area (Å²) in [6.07, 6.45) is 1.73. The standard InChI is InChI=1S/C10H14N2O/c1-3-9(12-11)8-6-4-5-7-10(8)13-2/h3-7,9,12H,1,11H2,2H3. The summed E-state index contributed by atoms with van der Waals surface area (Å²) in [6.45, 7) is 3.69. The second-order valence-electron chi connectivity index (χ2n) is 2.62. The molecule has 0 amide bonds. The topological polar surface area (TPSA) is 47.3 Å². The predicted octanol–water partition coefficient (Wildman–Crippen LogP) is 1.39. The van der Waals surface area contributed by atoms with Gasteiger partial charge in [-0.05, 0) is 6.07 Å². The number of benzene rings is 1. The number of hydrazine groups is 1. The minimum Gasteiger partial charge on any atom is -0.496 e. The van der Waals surface area contributed by atoms with Gasteiger partial charge in [0.15, 0.2) is 0 Å². The smallest absolute Gasteiger partial charge is 0.124 e. The highest BCUT2D eigenvalue weighted by atomic mass is 16.5. The van der Waals surface area contributed by atoms with Crippen LogP contribution in [0.2, 0.25) is 0 Å². The van der Waals surface area contributed by atoms with Gasteiger partial charge < -0.3 is 4.74 Å². The van der Waals surface area contributed by atoms with Gasteiger partial charge in [0.05, 0.1) is 13.2 Å². The molecule has 0 aliphatic carbocycles. The maximum absolute atomic E-state index is 5.36. The minimum absolute atomic E-state index is 0.0730. The summed E-state index contributed by atoms with van der Waals surface area (Å²) in [5.41, 5.74) is 3.63. The molecular weight excluding hydrogens is 164 g/mol. The summed E-state index contributed by atoms with van der Waals surface area (Å²) in [7, 11) is 1.63. The third-order valence-corrected chi connectivity index (χ3v) is 1.89. The fourth-order valence-corrected chi connectivity index (χ4v) is 1.21. The molecule has 13 heavy (non-hydrogen) atoms. The minimum atomic E-state index is -0.0730. The number of methoxy groups -OCH3 is 1. The molecular formula is C10H14N2O. The summed E-state index contributed by atoms with van der Waals surface area (Å²) in [5.74, 6) is 6.17. The van der Waals surface area contributed by atoms with E-state index in [1.54, 1.807) is 13.2 Å². The van der Waals surface area contributed by atoms with Crippen LogP contribution in [0.4, 0.5) is 0 Å². The SMILES string of the molecule is C=CC(NN)c1ccccc1OC. The molecule has 0 spiro atoms. The lowest BCUT2D eigenvalue weighted by Gasteiger charge is -2.14. The Labute approximate surface area is 78.2 Å². The van der Waals surface area contributed by atoms with Gasteiger partial charge >= 0.3 is 0 Å². The van der Waals surface area contributed by atoms with Crippen LogP contribution >= 0.6 is 0 Å². The Morgan fingerprint density at radius 3 is 2.77 bits per heavy atom. The summed E-state index contributed by atoms with van der Waals surface area (Å²) in [5, 5.41) is 0. The molecule has 1 unspecified atom stereocenters. The zero-order valence-corrected chi connectivity index (χ0v) is 7.66. The van der Waals surface area contributed by atoms with Gasteiger partial charge in [-0.2, -0.15) is 0 Å². The summed E-state index contributed by atoms with van der Waals surface area (Å²) >= 11 is 0. The molecule has 0 radical (unpaired) electrons. The Hall–Kier alpha value is -1.32. The van der Waals surface area contributed by atoms with Gasteiger partial charge in [-0.1, -0.05) is 24.3 Å². The van der Waals surface area contributed by atoms with Crippen LogP contribution in [0, 0.1) is 0 Å². The van der Waals surface area contributed by atoms with E-state index in [0.29, 0.717) is 0 Å². The number of rotatable bonds is 4. The van der Waals surface area contributed by atoms with Crippen LogP contribution in [-0.4, -0.2) is 7.11 Å². The van der Waals surface area contributed by atoms with Crippen molar-refractivity contribution in [1.82, 2.24) is 5.43 Å². The van der Waals surface area contributed by atoms with E-state index in [9.17, 15) is 0 Å². The normalized spacial score (nSPS) is 12.2. The summed E-state index contributed by atoms with van der Waals surface area (Å²) in [4.78, 5) is 0. The van der Waals surface area contributed by atoms with Crippen molar-refractivity contribution in [3.8, 4) is 5.75 Å². The predicted molar refractivity (Wildman–Crippen MR) is 53.3 cm³/mol. The van der Waals surface area contributed by atoms with Gasteiger partial charge in [0.2, 0.25) is 0 Å². The maximum Gasteiger partial charge on any atom is 0.124 e. The number of nitrogens with one attached hydrogen (secondary N) is 1. The van der Waals surface area contributed by atoms with E-state index in [4.69, 9.17) is 10.6 Å². The van der Waals surface area contributed by atoms with Crippen molar-refractivity contribution in [2.24, 2.45) is 5.84 Å². The fourth-order valence-electron chi connectivity index (χ4n) is 1.21. The molecule has 0 aliphatic heterocycles. The average Bonchev–Trinajstić information content (AvgIpc) is 2.20. The highest BCUT2D eigenvalue weighted by Gasteiger charge is 2.09. The first-order chi connectivity index (χ1) is 6.33. The molecule has 3 nitrogen and oxygen atoms in total. The van der Waals surface area contributed by atoms with Gasteiger partial charge in [0, 0.05) is 5.56 Å². The molecule has 1 atom stereocenters. The Morgan fingerprint density at radius 2 is 2.23 bits per heavy atom. The first-order valence-electron chi connectivity index (χ1n) is 4.05. The van der Waals surface area contributed by atoms with E-state index >= 15 is 0 Å². The van der Waals surface area contributed by atoms with E-state index in [1.807, 2.05) is 24.3 Å². The third kappa shape index (κ3) is 2.08. The van der Waals surface area contributed by atoms with Crippen molar-refractivity contribution in [2.45, 2.75) is 6.04 Å². The summed E-state index contributed by atoms with van der Waals surface area (Å²) < 4.78 is 5.19. The van der Waals surface area contributed by atoms with Crippen molar-refractivity contribution >= 4 is 0 Å². The Kier molecular flexibility index (Phi) is 3.49. The molecule has 0 saturated heterocycles. The second kappa shape index (κ2) is 4.64. The van der Waals surface area contributed by atoms with E-state index in [2.05, 4.69) is 12.0 Å². The van der Waals surface area contributed by atoms with Crippen LogP contribution < -0.4 is 16.0 Å². The van der Waals surface area contributed by atoms with E-state index in [-0.39, 0.29) is 6.04 Å². The maximum atomic E-state index is 5.36. The first-order valence-corrected chi connectivity index (χ1v) is 4.05. The highest BCUT2D eigenvalue weighted by Crippen LogP contribution is 2.24. The largest absolute Gasteiger partial charge is 0.496 e. The van der Waals surface area contributed by atoms with Crippen molar-refractivity contribution in [2.75, 3.05) is 7.11 Å².